The number of alkyl halides is 3. The highest BCUT2D eigenvalue weighted by Gasteiger charge is 2.35. The second kappa shape index (κ2) is 8.74. The van der Waals surface area contributed by atoms with Crippen LogP contribution in [-0.4, -0.2) is 59.1 Å². The molecule has 182 valence electrons. The summed E-state index contributed by atoms with van der Waals surface area (Å²) < 4.78 is 76.4. The summed E-state index contributed by atoms with van der Waals surface area (Å²) in [7, 11) is -3.10. The smallest absolute Gasteiger partial charge is 0.422 e. The third-order valence-electron chi connectivity index (χ3n) is 5.10. The van der Waals surface area contributed by atoms with Crippen molar-refractivity contribution in [1.29, 1.82) is 0 Å². The normalized spacial score (nSPS) is 17.3. The molecule has 0 aromatic carbocycles. The third-order valence-corrected chi connectivity index (χ3v) is 6.76. The van der Waals surface area contributed by atoms with Gasteiger partial charge in [0.25, 0.3) is 11.8 Å². The molecule has 10 nitrogen and oxygen atoms in total. The summed E-state index contributed by atoms with van der Waals surface area (Å²) >= 11 is 0. The van der Waals surface area contributed by atoms with Gasteiger partial charge >= 0.3 is 12.1 Å². The van der Waals surface area contributed by atoms with Crippen molar-refractivity contribution in [3.8, 4) is 17.4 Å². The number of rotatable bonds is 6. The number of aromatic nitrogens is 3. The number of nitrogens with one attached hydrogen (secondary N) is 1. The predicted molar refractivity (Wildman–Crippen MR) is 111 cm³/mol. The van der Waals surface area contributed by atoms with E-state index in [1.165, 1.54) is 30.6 Å². The van der Waals surface area contributed by atoms with Crippen molar-refractivity contribution in [2.75, 3.05) is 18.1 Å². The lowest BCUT2D eigenvalue weighted by atomic mass is 9.95. The molecule has 4 heterocycles. The number of nitrogens with zero attached hydrogens (tertiary/aromatic N) is 3. The van der Waals surface area contributed by atoms with E-state index in [4.69, 9.17) is 13.9 Å². The van der Waals surface area contributed by atoms with E-state index < -0.39 is 34.1 Å². The molecule has 34 heavy (non-hydrogen) atoms. The van der Waals surface area contributed by atoms with E-state index >= 15 is 0 Å². The van der Waals surface area contributed by atoms with Crippen LogP contribution in [0.2, 0.25) is 0 Å². The van der Waals surface area contributed by atoms with Gasteiger partial charge in [-0.05, 0) is 31.9 Å². The van der Waals surface area contributed by atoms with Crippen molar-refractivity contribution < 1.29 is 40.3 Å². The Morgan fingerprint density at radius 2 is 2.00 bits per heavy atom. The minimum atomic E-state index is -4.53. The molecule has 3 aromatic rings. The highest BCUT2D eigenvalue weighted by atomic mass is 32.2. The van der Waals surface area contributed by atoms with Gasteiger partial charge in [0, 0.05) is 17.8 Å². The van der Waals surface area contributed by atoms with Crippen LogP contribution in [0.1, 0.15) is 30.5 Å². The maximum absolute atomic E-state index is 12.6. The van der Waals surface area contributed by atoms with Gasteiger partial charge in [0.15, 0.2) is 29.3 Å². The summed E-state index contributed by atoms with van der Waals surface area (Å²) in [4.78, 5) is 24.6. The van der Waals surface area contributed by atoms with Gasteiger partial charge in [-0.1, -0.05) is 0 Å². The number of sulfone groups is 1. The Hall–Kier alpha value is -3.42. The number of oxazole rings is 1. The number of hydrogen-bond donors (Lipinski definition) is 1. The molecule has 0 saturated carbocycles. The van der Waals surface area contributed by atoms with Crippen molar-refractivity contribution in [3.05, 3.63) is 36.5 Å². The Morgan fingerprint density at radius 1 is 1.26 bits per heavy atom. The number of hydrogen-bond acceptors (Lipinski definition) is 9. The number of halogens is 3. The van der Waals surface area contributed by atoms with Crippen molar-refractivity contribution in [1.82, 2.24) is 20.3 Å². The van der Waals surface area contributed by atoms with Gasteiger partial charge in [-0.3, -0.25) is 4.79 Å². The van der Waals surface area contributed by atoms with E-state index in [2.05, 4.69) is 20.3 Å². The molecule has 1 aliphatic heterocycles. The van der Waals surface area contributed by atoms with Gasteiger partial charge in [-0.2, -0.15) is 18.2 Å². The largest absolute Gasteiger partial charge is 0.478 e. The van der Waals surface area contributed by atoms with Crippen LogP contribution >= 0.6 is 0 Å². The van der Waals surface area contributed by atoms with Gasteiger partial charge in [0.05, 0.1) is 17.7 Å². The summed E-state index contributed by atoms with van der Waals surface area (Å²) in [6.45, 7) is 0.232. The van der Waals surface area contributed by atoms with Crippen LogP contribution < -0.4 is 14.8 Å². The molecule has 4 rings (SSSR count). The zero-order chi connectivity index (χ0) is 24.6. The predicted octanol–water partition coefficient (Wildman–Crippen LogP) is 3.05. The maximum Gasteiger partial charge on any atom is 0.422 e. The van der Waals surface area contributed by atoms with Gasteiger partial charge in [0.2, 0.25) is 0 Å². The summed E-state index contributed by atoms with van der Waals surface area (Å²) in [6.07, 6.45) is -1.45. The molecule has 3 aromatic heterocycles. The fourth-order valence-corrected chi connectivity index (χ4v) is 4.96. The third kappa shape index (κ3) is 5.73. The molecule has 1 saturated heterocycles. The van der Waals surface area contributed by atoms with E-state index in [0.29, 0.717) is 0 Å². The Balaban J connectivity index is 1.48. The van der Waals surface area contributed by atoms with E-state index in [1.54, 1.807) is 6.92 Å². The topological polar surface area (TPSA) is 134 Å². The first-order chi connectivity index (χ1) is 15.9. The molecule has 14 heteroatoms. The lowest BCUT2D eigenvalue weighted by Gasteiger charge is -2.33. The average Bonchev–Trinajstić information content (AvgIpc) is 3.19. The minimum Gasteiger partial charge on any atom is -0.478 e. The molecule has 0 unspecified atom stereocenters. The van der Waals surface area contributed by atoms with Gasteiger partial charge in [0.1, 0.15) is 9.84 Å². The second-order valence-electron chi connectivity index (χ2n) is 7.99. The van der Waals surface area contributed by atoms with E-state index in [0.717, 1.165) is 0 Å². The van der Waals surface area contributed by atoms with Gasteiger partial charge in [-0.15, -0.1) is 0 Å². The molecule has 0 atom stereocenters. The summed E-state index contributed by atoms with van der Waals surface area (Å²) in [5.41, 5.74) is -0.535. The molecular weight excluding hydrogens is 481 g/mol. The maximum atomic E-state index is 12.6. The zero-order valence-corrected chi connectivity index (χ0v) is 18.6. The lowest BCUT2D eigenvalue weighted by Crippen LogP contribution is -2.51. The van der Waals surface area contributed by atoms with Crippen molar-refractivity contribution >= 4 is 27.0 Å². The number of pyridine rings is 2. The van der Waals surface area contributed by atoms with E-state index in [1.807, 2.05) is 0 Å². The Bertz CT molecular complexity index is 1310. The van der Waals surface area contributed by atoms with Crippen LogP contribution in [0.4, 0.5) is 13.2 Å². The van der Waals surface area contributed by atoms with Crippen LogP contribution in [0, 0.1) is 0 Å². The zero-order valence-electron chi connectivity index (χ0n) is 17.8. The lowest BCUT2D eigenvalue weighted by molar-refractivity contribution is -0.153. The van der Waals surface area contributed by atoms with Crippen molar-refractivity contribution in [2.24, 2.45) is 0 Å². The van der Waals surface area contributed by atoms with E-state index in [9.17, 15) is 26.4 Å². The first kappa shape index (κ1) is 23.7. The van der Waals surface area contributed by atoms with Crippen molar-refractivity contribution in [3.63, 3.8) is 0 Å². The number of fused-ring (bicyclic) bond motifs is 1. The van der Waals surface area contributed by atoms with E-state index in [-0.39, 0.29) is 58.8 Å². The molecule has 0 aliphatic carbocycles. The first-order valence-corrected chi connectivity index (χ1v) is 11.9. The SMILES string of the molecule is CC1(NC(=O)c2nc3ncc(Oc4ncccc4OCC(F)(F)F)cc3o2)CCS(=O)(=O)CC1. The molecule has 1 aliphatic rings. The fraction of sp³-hybridized carbons (Fsp3) is 0.400. The first-order valence-electron chi connectivity index (χ1n) is 10.0. The highest BCUT2D eigenvalue weighted by Crippen LogP contribution is 2.31. The van der Waals surface area contributed by atoms with Gasteiger partial charge in [-0.25, -0.2) is 18.4 Å². The quantitative estimate of drug-likeness (QED) is 0.542. The summed E-state index contributed by atoms with van der Waals surface area (Å²) in [5, 5.41) is 2.76. The number of carbonyl (C=O) groups is 1. The molecule has 0 radical (unpaired) electrons. The molecule has 1 N–H and O–H groups in total. The molecular formula is C20H19F3N4O6S. The number of amides is 1. The number of carbonyl (C=O) groups excluding carboxylic acids is 1. The van der Waals surface area contributed by atoms with Crippen LogP contribution in [0.5, 0.6) is 17.4 Å². The Labute approximate surface area is 191 Å². The van der Waals surface area contributed by atoms with Crippen LogP contribution in [-0.2, 0) is 9.84 Å². The molecule has 0 spiro atoms. The van der Waals surface area contributed by atoms with Crippen LogP contribution in [0.15, 0.2) is 35.0 Å². The monoisotopic (exact) mass is 500 g/mol. The average molecular weight is 500 g/mol. The van der Waals surface area contributed by atoms with Gasteiger partial charge < -0.3 is 19.2 Å². The fourth-order valence-electron chi connectivity index (χ4n) is 3.23. The standard InChI is InChI=1S/C20H19F3N4O6S/c1-19(4-7-34(29,30)8-5-19)27-16(28)18-26-15-14(33-18)9-12(10-25-15)32-17-13(3-2-6-24-17)31-11-20(21,22)23/h2-3,6,9-10H,4-5,7-8,11H2,1H3,(H,27,28). The number of ether oxygens (including phenoxy) is 2. The molecule has 1 fully saturated rings. The summed E-state index contributed by atoms with van der Waals surface area (Å²) in [6, 6.07) is 4.01. The molecule has 1 amide bonds. The Kier molecular flexibility index (Phi) is 6.10. The van der Waals surface area contributed by atoms with Crippen LogP contribution in [0.25, 0.3) is 11.2 Å². The highest BCUT2D eigenvalue weighted by molar-refractivity contribution is 7.91. The Morgan fingerprint density at radius 3 is 2.71 bits per heavy atom. The van der Waals surface area contributed by atoms with Crippen LogP contribution in [0.3, 0.4) is 0 Å². The second-order valence-corrected chi connectivity index (χ2v) is 10.3. The van der Waals surface area contributed by atoms with Crippen molar-refractivity contribution in [2.45, 2.75) is 31.5 Å². The minimum absolute atomic E-state index is 0.0260. The molecule has 0 bridgehead atoms. The summed E-state index contributed by atoms with van der Waals surface area (Å²) in [5.74, 6) is -1.33.